The van der Waals surface area contributed by atoms with Crippen LogP contribution in [-0.2, 0) is 17.4 Å². The van der Waals surface area contributed by atoms with E-state index < -0.39 is 13.1 Å². The fourth-order valence-electron chi connectivity index (χ4n) is 3.44. The Morgan fingerprint density at radius 2 is 1.77 bits per heavy atom. The molecule has 0 bridgehead atoms. The van der Waals surface area contributed by atoms with Crippen molar-refractivity contribution in [3.63, 3.8) is 0 Å². The number of hydrogen-bond acceptors (Lipinski definition) is 4. The van der Waals surface area contributed by atoms with Crippen LogP contribution in [0.4, 0.5) is 0 Å². The molecule has 1 unspecified atom stereocenters. The van der Waals surface area contributed by atoms with E-state index in [4.69, 9.17) is 15.5 Å². The number of hydrogen-bond donors (Lipinski definition) is 3. The fourth-order valence-corrected chi connectivity index (χ4v) is 5.15. The molecule has 0 saturated heterocycles. The molecule has 0 fully saturated rings. The molecule has 30 heavy (non-hydrogen) atoms. The number of nitrogens with two attached hydrogens (primary N) is 1. The van der Waals surface area contributed by atoms with Gasteiger partial charge in [-0.15, -0.1) is 11.3 Å². The number of benzene rings is 1. The number of carbonyl (C=O) groups is 1. The molecule has 2 aromatic rings. The van der Waals surface area contributed by atoms with Gasteiger partial charge in [0.1, 0.15) is 0 Å². The SMILES string of the molecule is CCC(N)(CCc1ccc(C(=O)CCCCCc2ccccc2)s1)CCP(=O)(O)O. The second-order valence-corrected chi connectivity index (χ2v) is 11.0. The highest BCUT2D eigenvalue weighted by Gasteiger charge is 2.26. The highest BCUT2D eigenvalue weighted by Crippen LogP contribution is 2.38. The first-order valence-electron chi connectivity index (χ1n) is 10.7. The van der Waals surface area contributed by atoms with E-state index in [1.54, 1.807) is 0 Å². The van der Waals surface area contributed by atoms with Crippen LogP contribution in [0.2, 0.25) is 0 Å². The number of carbonyl (C=O) groups excluding carboxylic acids is 1. The number of rotatable bonds is 14. The first-order chi connectivity index (χ1) is 14.2. The molecule has 0 radical (unpaired) electrons. The van der Waals surface area contributed by atoms with Crippen molar-refractivity contribution >= 4 is 24.7 Å². The van der Waals surface area contributed by atoms with Crippen LogP contribution < -0.4 is 5.73 Å². The molecule has 2 rings (SSSR count). The number of aryl methyl sites for hydroxylation is 2. The molecule has 0 saturated carbocycles. The third-order valence-electron chi connectivity index (χ3n) is 5.62. The highest BCUT2D eigenvalue weighted by atomic mass is 32.1. The van der Waals surface area contributed by atoms with Crippen molar-refractivity contribution in [1.82, 2.24) is 0 Å². The zero-order valence-electron chi connectivity index (χ0n) is 17.8. The Bertz CT molecular complexity index is 833. The van der Waals surface area contributed by atoms with Gasteiger partial charge in [0.15, 0.2) is 5.78 Å². The normalized spacial score (nSPS) is 13.9. The molecule has 7 heteroatoms. The molecule has 1 aromatic heterocycles. The minimum Gasteiger partial charge on any atom is -0.325 e. The Morgan fingerprint density at radius 1 is 1.03 bits per heavy atom. The van der Waals surface area contributed by atoms with Gasteiger partial charge >= 0.3 is 7.60 Å². The molecule has 0 amide bonds. The van der Waals surface area contributed by atoms with Gasteiger partial charge in [-0.3, -0.25) is 9.36 Å². The van der Waals surface area contributed by atoms with Gasteiger partial charge in [0.2, 0.25) is 0 Å². The second kappa shape index (κ2) is 11.9. The van der Waals surface area contributed by atoms with Gasteiger partial charge in [0, 0.05) is 16.8 Å². The van der Waals surface area contributed by atoms with Crippen molar-refractivity contribution in [1.29, 1.82) is 0 Å². The lowest BCUT2D eigenvalue weighted by Gasteiger charge is -2.28. The Hall–Kier alpha value is -1.30. The van der Waals surface area contributed by atoms with Crippen LogP contribution in [0.3, 0.4) is 0 Å². The fraction of sp³-hybridized carbons (Fsp3) is 0.522. The van der Waals surface area contributed by atoms with Crippen LogP contribution >= 0.6 is 18.9 Å². The van der Waals surface area contributed by atoms with E-state index in [2.05, 4.69) is 24.3 Å². The molecule has 5 nitrogen and oxygen atoms in total. The molecule has 1 heterocycles. The van der Waals surface area contributed by atoms with Gasteiger partial charge in [-0.2, -0.15) is 0 Å². The minimum atomic E-state index is -4.04. The Kier molecular flexibility index (Phi) is 9.92. The predicted molar refractivity (Wildman–Crippen MR) is 124 cm³/mol. The zero-order chi connectivity index (χ0) is 22.0. The summed E-state index contributed by atoms with van der Waals surface area (Å²) in [5.74, 6) is 0.196. The van der Waals surface area contributed by atoms with Crippen molar-refractivity contribution in [2.24, 2.45) is 5.73 Å². The lowest BCUT2D eigenvalue weighted by molar-refractivity contribution is 0.0983. The van der Waals surface area contributed by atoms with Gasteiger partial charge < -0.3 is 15.5 Å². The van der Waals surface area contributed by atoms with Crippen molar-refractivity contribution < 1.29 is 19.1 Å². The van der Waals surface area contributed by atoms with E-state index in [0.717, 1.165) is 41.9 Å². The highest BCUT2D eigenvalue weighted by molar-refractivity contribution is 7.51. The maximum absolute atomic E-state index is 12.5. The molecular weight excluding hydrogens is 417 g/mol. The first kappa shape index (κ1) is 25.0. The number of Topliss-reactive ketones (excluding diaryl/α,β-unsaturated/α-hetero) is 1. The zero-order valence-corrected chi connectivity index (χ0v) is 19.5. The van der Waals surface area contributed by atoms with E-state index in [1.807, 2.05) is 25.1 Å². The van der Waals surface area contributed by atoms with Gasteiger partial charge in [0.25, 0.3) is 0 Å². The topological polar surface area (TPSA) is 101 Å². The Morgan fingerprint density at radius 3 is 2.43 bits per heavy atom. The molecule has 0 spiro atoms. The lowest BCUT2D eigenvalue weighted by Crippen LogP contribution is -2.40. The van der Waals surface area contributed by atoms with Gasteiger partial charge in [-0.05, 0) is 62.6 Å². The average Bonchev–Trinajstić information content (AvgIpc) is 3.20. The van der Waals surface area contributed by atoms with E-state index >= 15 is 0 Å². The van der Waals surface area contributed by atoms with Crippen LogP contribution in [0.5, 0.6) is 0 Å². The molecule has 166 valence electrons. The van der Waals surface area contributed by atoms with Crippen molar-refractivity contribution in [2.45, 2.75) is 70.3 Å². The maximum atomic E-state index is 12.5. The summed E-state index contributed by atoms with van der Waals surface area (Å²) in [6.07, 6.45) is 6.82. The van der Waals surface area contributed by atoms with E-state index in [0.29, 0.717) is 25.7 Å². The van der Waals surface area contributed by atoms with Gasteiger partial charge in [0.05, 0.1) is 11.0 Å². The van der Waals surface area contributed by atoms with E-state index in [-0.39, 0.29) is 11.9 Å². The summed E-state index contributed by atoms with van der Waals surface area (Å²) in [7, 11) is -4.04. The van der Waals surface area contributed by atoms with E-state index in [9.17, 15) is 9.36 Å². The third kappa shape index (κ3) is 9.23. The molecule has 0 aliphatic rings. The van der Waals surface area contributed by atoms with Crippen molar-refractivity contribution in [2.75, 3.05) is 6.16 Å². The smallest absolute Gasteiger partial charge is 0.325 e. The average molecular weight is 452 g/mol. The minimum absolute atomic E-state index is 0.185. The van der Waals surface area contributed by atoms with Gasteiger partial charge in [-0.1, -0.05) is 43.7 Å². The first-order valence-corrected chi connectivity index (χ1v) is 13.3. The molecule has 4 N–H and O–H groups in total. The van der Waals surface area contributed by atoms with Crippen LogP contribution in [0.15, 0.2) is 42.5 Å². The summed E-state index contributed by atoms with van der Waals surface area (Å²) in [5, 5.41) is 0. The van der Waals surface area contributed by atoms with Crippen molar-refractivity contribution in [3.05, 3.63) is 57.8 Å². The number of ketones is 1. The van der Waals surface area contributed by atoms with Crippen LogP contribution in [0.1, 0.15) is 72.0 Å². The number of unbranched alkanes of at least 4 members (excludes halogenated alkanes) is 2. The Labute approximate surface area is 183 Å². The lowest BCUT2D eigenvalue weighted by atomic mass is 9.88. The summed E-state index contributed by atoms with van der Waals surface area (Å²) >= 11 is 1.52. The molecular formula is C23H34NO4PS. The maximum Gasteiger partial charge on any atom is 0.325 e. The second-order valence-electron chi connectivity index (χ2n) is 8.09. The summed E-state index contributed by atoms with van der Waals surface area (Å²) < 4.78 is 11.1. The summed E-state index contributed by atoms with van der Waals surface area (Å²) in [6, 6.07) is 14.3. The largest absolute Gasteiger partial charge is 0.325 e. The van der Waals surface area contributed by atoms with Crippen molar-refractivity contribution in [3.8, 4) is 0 Å². The molecule has 0 aliphatic carbocycles. The quantitative estimate of drug-likeness (QED) is 0.204. The molecule has 0 aliphatic heterocycles. The molecule has 1 atom stereocenters. The molecule has 1 aromatic carbocycles. The van der Waals surface area contributed by atoms with Crippen LogP contribution in [0, 0.1) is 0 Å². The van der Waals surface area contributed by atoms with E-state index in [1.165, 1.54) is 16.9 Å². The summed E-state index contributed by atoms with van der Waals surface area (Å²) in [5.41, 5.74) is 7.10. The number of thiophene rings is 1. The monoisotopic (exact) mass is 451 g/mol. The van der Waals surface area contributed by atoms with Crippen LogP contribution in [-0.4, -0.2) is 27.3 Å². The van der Waals surface area contributed by atoms with Gasteiger partial charge in [-0.25, -0.2) is 0 Å². The van der Waals surface area contributed by atoms with Crippen LogP contribution in [0.25, 0.3) is 0 Å². The predicted octanol–water partition coefficient (Wildman–Crippen LogP) is 5.34. The standard InChI is InChI=1S/C23H34NO4PS/c1-2-23(24,17-18-29(26,27)28)16-15-20-13-14-22(30-20)21(25)12-8-4-7-11-19-9-5-3-6-10-19/h3,5-6,9-10,13-14H,2,4,7-8,11-12,15-18,24H2,1H3,(H2,26,27,28). The third-order valence-corrected chi connectivity index (χ3v) is 7.62. The summed E-state index contributed by atoms with van der Waals surface area (Å²) in [6.45, 7) is 1.95. The summed E-state index contributed by atoms with van der Waals surface area (Å²) in [4.78, 5) is 32.6. The Balaban J connectivity index is 1.72.